The number of carbonyl (C=O) groups is 2. The summed E-state index contributed by atoms with van der Waals surface area (Å²) in [6, 6.07) is 13.8. The standard InChI is InChI=1S/C24H23ClO5/c1-28-17-10-8-15(9-11-17)21(26)12-16-13-22(29-2)23(30-3)14-19(16)24(27)18-6-4-5-7-20(18)25/h4-11,13-14,16,19H,12H2,1-3H3/t16-,19+/m0/s1. The third kappa shape index (κ3) is 4.57. The highest BCUT2D eigenvalue weighted by atomic mass is 35.5. The van der Waals surface area contributed by atoms with E-state index in [2.05, 4.69) is 0 Å². The second-order valence-electron chi connectivity index (χ2n) is 6.86. The monoisotopic (exact) mass is 426 g/mol. The third-order valence-corrected chi connectivity index (χ3v) is 5.45. The van der Waals surface area contributed by atoms with Crippen molar-refractivity contribution in [3.63, 3.8) is 0 Å². The van der Waals surface area contributed by atoms with E-state index in [0.717, 1.165) is 0 Å². The van der Waals surface area contributed by atoms with Crippen molar-refractivity contribution in [1.82, 2.24) is 0 Å². The molecule has 0 amide bonds. The average molecular weight is 427 g/mol. The Hall–Kier alpha value is -3.05. The Bertz CT molecular complexity index is 991. The van der Waals surface area contributed by atoms with E-state index < -0.39 is 11.8 Å². The van der Waals surface area contributed by atoms with Gasteiger partial charge in [-0.2, -0.15) is 0 Å². The van der Waals surface area contributed by atoms with E-state index in [-0.39, 0.29) is 18.0 Å². The highest BCUT2D eigenvalue weighted by Crippen LogP contribution is 2.35. The Morgan fingerprint density at radius 1 is 0.867 bits per heavy atom. The number of hydrogen-bond acceptors (Lipinski definition) is 5. The van der Waals surface area contributed by atoms with E-state index in [9.17, 15) is 9.59 Å². The molecule has 0 spiro atoms. The molecule has 0 fully saturated rings. The van der Waals surface area contributed by atoms with Crippen molar-refractivity contribution in [3.8, 4) is 5.75 Å². The van der Waals surface area contributed by atoms with Crippen molar-refractivity contribution < 1.29 is 23.8 Å². The molecule has 6 heteroatoms. The lowest BCUT2D eigenvalue weighted by atomic mass is 9.78. The minimum atomic E-state index is -0.610. The molecule has 0 heterocycles. The molecule has 5 nitrogen and oxygen atoms in total. The smallest absolute Gasteiger partial charge is 0.171 e. The minimum Gasteiger partial charge on any atom is -0.497 e. The van der Waals surface area contributed by atoms with Crippen LogP contribution in [0.1, 0.15) is 27.1 Å². The molecule has 156 valence electrons. The van der Waals surface area contributed by atoms with Crippen LogP contribution in [-0.4, -0.2) is 32.9 Å². The Morgan fingerprint density at radius 2 is 1.50 bits per heavy atom. The van der Waals surface area contributed by atoms with Gasteiger partial charge in [-0.25, -0.2) is 0 Å². The molecule has 0 aliphatic heterocycles. The van der Waals surface area contributed by atoms with Gasteiger partial charge in [-0.1, -0.05) is 23.7 Å². The number of methoxy groups -OCH3 is 3. The van der Waals surface area contributed by atoms with E-state index in [1.807, 2.05) is 0 Å². The van der Waals surface area contributed by atoms with E-state index in [0.29, 0.717) is 33.4 Å². The van der Waals surface area contributed by atoms with E-state index in [1.165, 1.54) is 14.2 Å². The van der Waals surface area contributed by atoms with Gasteiger partial charge in [0.05, 0.1) is 32.3 Å². The van der Waals surface area contributed by atoms with Crippen LogP contribution in [0.4, 0.5) is 0 Å². The fourth-order valence-electron chi connectivity index (χ4n) is 3.49. The molecule has 2 aromatic carbocycles. The normalized spacial score (nSPS) is 18.1. The molecule has 0 unspecified atom stereocenters. The highest BCUT2D eigenvalue weighted by molar-refractivity contribution is 6.34. The number of ketones is 2. The second-order valence-corrected chi connectivity index (χ2v) is 7.27. The number of benzene rings is 2. The molecule has 0 saturated heterocycles. The largest absolute Gasteiger partial charge is 0.497 e. The van der Waals surface area contributed by atoms with Crippen molar-refractivity contribution in [3.05, 3.63) is 88.4 Å². The van der Waals surface area contributed by atoms with Crippen LogP contribution in [-0.2, 0) is 9.47 Å². The zero-order valence-electron chi connectivity index (χ0n) is 17.1. The maximum Gasteiger partial charge on any atom is 0.171 e. The first-order valence-corrected chi connectivity index (χ1v) is 9.84. The highest BCUT2D eigenvalue weighted by Gasteiger charge is 2.34. The van der Waals surface area contributed by atoms with Gasteiger partial charge in [-0.15, -0.1) is 0 Å². The van der Waals surface area contributed by atoms with Gasteiger partial charge in [0.2, 0.25) is 0 Å². The number of rotatable bonds is 8. The predicted octanol–water partition coefficient (Wildman–Crippen LogP) is 5.11. The number of carbonyl (C=O) groups excluding carboxylic acids is 2. The molecule has 0 saturated carbocycles. The van der Waals surface area contributed by atoms with E-state index in [1.54, 1.807) is 67.8 Å². The summed E-state index contributed by atoms with van der Waals surface area (Å²) in [4.78, 5) is 26.2. The first-order valence-electron chi connectivity index (χ1n) is 9.46. The molecular weight excluding hydrogens is 404 g/mol. The summed E-state index contributed by atoms with van der Waals surface area (Å²) in [7, 11) is 4.61. The molecule has 2 atom stereocenters. The fraction of sp³-hybridized carbons (Fsp3) is 0.250. The maximum absolute atomic E-state index is 13.3. The van der Waals surface area contributed by atoms with Crippen LogP contribution in [0.15, 0.2) is 72.2 Å². The molecule has 0 radical (unpaired) electrons. The van der Waals surface area contributed by atoms with Gasteiger partial charge in [0.25, 0.3) is 0 Å². The lowest BCUT2D eigenvalue weighted by Crippen LogP contribution is -2.27. The number of hydrogen-bond donors (Lipinski definition) is 0. The fourth-order valence-corrected chi connectivity index (χ4v) is 3.72. The summed E-state index contributed by atoms with van der Waals surface area (Å²) in [6.07, 6.45) is 3.61. The van der Waals surface area contributed by atoms with Crippen molar-refractivity contribution in [1.29, 1.82) is 0 Å². The molecule has 1 aliphatic carbocycles. The zero-order valence-corrected chi connectivity index (χ0v) is 17.8. The summed E-state index contributed by atoms with van der Waals surface area (Å²) in [5.41, 5.74) is 0.959. The van der Waals surface area contributed by atoms with Gasteiger partial charge in [0.1, 0.15) is 5.75 Å². The van der Waals surface area contributed by atoms with Crippen molar-refractivity contribution in [2.75, 3.05) is 21.3 Å². The predicted molar refractivity (Wildman–Crippen MR) is 115 cm³/mol. The first kappa shape index (κ1) is 21.7. The topological polar surface area (TPSA) is 61.8 Å². The van der Waals surface area contributed by atoms with Gasteiger partial charge in [0.15, 0.2) is 23.1 Å². The van der Waals surface area contributed by atoms with Crippen LogP contribution in [0.3, 0.4) is 0 Å². The molecule has 0 bridgehead atoms. The molecule has 1 aliphatic rings. The van der Waals surface area contributed by atoms with Gasteiger partial charge in [0, 0.05) is 23.5 Å². The average Bonchev–Trinajstić information content (AvgIpc) is 2.78. The Kier molecular flexibility index (Phi) is 6.95. The number of allylic oxidation sites excluding steroid dienone is 2. The summed E-state index contributed by atoms with van der Waals surface area (Å²) in [5, 5.41) is 0.372. The Morgan fingerprint density at radius 3 is 2.10 bits per heavy atom. The first-order chi connectivity index (χ1) is 14.5. The van der Waals surface area contributed by atoms with Crippen LogP contribution in [0.25, 0.3) is 0 Å². The molecule has 0 aromatic heterocycles. The van der Waals surface area contributed by atoms with Crippen LogP contribution >= 0.6 is 11.6 Å². The summed E-state index contributed by atoms with van der Waals surface area (Å²) < 4.78 is 15.9. The SMILES string of the molecule is COC1=C[C@H](CC(=O)c2ccc(OC)cc2)[C@H](C(=O)c2ccccc2Cl)C=C1OC. The van der Waals surface area contributed by atoms with Crippen molar-refractivity contribution in [2.45, 2.75) is 6.42 Å². The van der Waals surface area contributed by atoms with E-state index in [4.69, 9.17) is 25.8 Å². The lowest BCUT2D eigenvalue weighted by molar-refractivity contribution is 0.0881. The lowest BCUT2D eigenvalue weighted by Gasteiger charge is -2.27. The summed E-state index contributed by atoms with van der Waals surface area (Å²) in [5.74, 6) is 0.349. The number of ether oxygens (including phenoxy) is 3. The number of Topliss-reactive ketones (excluding diaryl/α,β-unsaturated/α-hetero) is 2. The van der Waals surface area contributed by atoms with E-state index >= 15 is 0 Å². The Balaban J connectivity index is 1.92. The van der Waals surface area contributed by atoms with Crippen LogP contribution in [0.2, 0.25) is 5.02 Å². The minimum absolute atomic E-state index is 0.0828. The van der Waals surface area contributed by atoms with Gasteiger partial charge in [-0.3, -0.25) is 9.59 Å². The van der Waals surface area contributed by atoms with Crippen molar-refractivity contribution >= 4 is 23.2 Å². The molecule has 2 aromatic rings. The van der Waals surface area contributed by atoms with Crippen LogP contribution < -0.4 is 4.74 Å². The second kappa shape index (κ2) is 9.63. The van der Waals surface area contributed by atoms with Gasteiger partial charge < -0.3 is 14.2 Å². The van der Waals surface area contributed by atoms with Crippen LogP contribution in [0.5, 0.6) is 5.75 Å². The van der Waals surface area contributed by atoms with Gasteiger partial charge >= 0.3 is 0 Å². The quantitative estimate of drug-likeness (QED) is 0.549. The third-order valence-electron chi connectivity index (χ3n) is 5.12. The molecule has 0 N–H and O–H groups in total. The molecular formula is C24H23ClO5. The van der Waals surface area contributed by atoms with Crippen molar-refractivity contribution in [2.24, 2.45) is 11.8 Å². The maximum atomic E-state index is 13.3. The molecule has 30 heavy (non-hydrogen) atoms. The summed E-state index contributed by atoms with van der Waals surface area (Å²) >= 11 is 6.25. The van der Waals surface area contributed by atoms with Gasteiger partial charge in [-0.05, 0) is 48.6 Å². The molecule has 3 rings (SSSR count). The van der Waals surface area contributed by atoms with Crippen LogP contribution in [0, 0.1) is 11.8 Å². The number of halogens is 1. The summed E-state index contributed by atoms with van der Waals surface area (Å²) in [6.45, 7) is 0. The Labute approximate surface area is 180 Å². The zero-order chi connectivity index (χ0) is 21.7.